The Morgan fingerprint density at radius 1 is 1.04 bits per heavy atom. The lowest BCUT2D eigenvalue weighted by Gasteiger charge is -2.20. The van der Waals surface area contributed by atoms with Gasteiger partial charge in [-0.05, 0) is 46.9 Å². The number of hydrazine groups is 1. The highest BCUT2D eigenvalue weighted by atomic mass is 127. The highest BCUT2D eigenvalue weighted by Gasteiger charge is 2.31. The van der Waals surface area contributed by atoms with Gasteiger partial charge in [-0.1, -0.05) is 24.3 Å². The number of hydrogen-bond donors (Lipinski definition) is 2. The summed E-state index contributed by atoms with van der Waals surface area (Å²) in [7, 11) is 1.95. The molecule has 0 aliphatic carbocycles. The molecule has 2 heterocycles. The zero-order valence-electron chi connectivity index (χ0n) is 12.4. The van der Waals surface area contributed by atoms with E-state index < -0.39 is 0 Å². The van der Waals surface area contributed by atoms with Crippen LogP contribution in [0.15, 0.2) is 60.1 Å². The number of aliphatic hydroxyl groups excluding tert-OH is 1. The Morgan fingerprint density at radius 2 is 1.74 bits per heavy atom. The Bertz CT molecular complexity index is 906. The maximum absolute atomic E-state index is 10.7. The molecule has 118 valence electrons. The molecule has 23 heavy (non-hydrogen) atoms. The number of aliphatic hydroxyl groups is 1. The Hall–Kier alpha value is -2.19. The van der Waals surface area contributed by atoms with Gasteiger partial charge in [0.1, 0.15) is 5.70 Å². The van der Waals surface area contributed by atoms with E-state index in [2.05, 4.69) is 40.1 Å². The zero-order valence-corrected chi connectivity index (χ0v) is 14.6. The van der Waals surface area contributed by atoms with Crippen molar-refractivity contribution in [3.8, 4) is 0 Å². The zero-order chi connectivity index (χ0) is 15.3. The lowest BCUT2D eigenvalue weighted by molar-refractivity contribution is 0.376. The number of halogens is 1. The smallest absolute Gasteiger partial charge is 0.237 e. The highest BCUT2D eigenvalue weighted by molar-refractivity contribution is 14.1. The van der Waals surface area contributed by atoms with Crippen LogP contribution in [0.1, 0.15) is 0 Å². The number of benzene rings is 2. The lowest BCUT2D eigenvalue weighted by atomic mass is 10.1. The molecule has 0 spiro atoms. The molecule has 2 aromatic rings. The van der Waals surface area contributed by atoms with Gasteiger partial charge < -0.3 is 15.5 Å². The average molecular weight is 421 g/mol. The van der Waals surface area contributed by atoms with Crippen molar-refractivity contribution >= 4 is 40.2 Å². The minimum atomic E-state index is 0. The van der Waals surface area contributed by atoms with Crippen molar-refractivity contribution in [2.45, 2.75) is 0 Å². The van der Waals surface area contributed by atoms with Crippen LogP contribution in [0, 0.1) is 3.57 Å². The molecule has 0 saturated carbocycles. The third-order valence-electron chi connectivity index (χ3n) is 3.88. The number of rotatable bonds is 1. The molecule has 2 aliphatic rings. The van der Waals surface area contributed by atoms with E-state index in [1.165, 1.54) is 0 Å². The number of fused-ring (bicyclic) bond motifs is 2. The molecule has 4 rings (SSSR count). The van der Waals surface area contributed by atoms with Crippen molar-refractivity contribution in [1.82, 2.24) is 10.3 Å². The van der Waals surface area contributed by atoms with Crippen LogP contribution < -0.4 is 20.9 Å². The van der Waals surface area contributed by atoms with Gasteiger partial charge in [0, 0.05) is 27.3 Å². The summed E-state index contributed by atoms with van der Waals surface area (Å²) in [6, 6.07) is 16.2. The summed E-state index contributed by atoms with van der Waals surface area (Å²) < 4.78 is 1.16. The fourth-order valence-electron chi connectivity index (χ4n) is 2.84. The van der Waals surface area contributed by atoms with E-state index in [1.807, 2.05) is 54.5 Å². The van der Waals surface area contributed by atoms with Gasteiger partial charge in [0.05, 0.1) is 11.4 Å². The number of nitrogens with one attached hydrogen (secondary N) is 1. The van der Waals surface area contributed by atoms with Crippen LogP contribution in [-0.2, 0) is 0 Å². The Balaban J connectivity index is 0.00000156. The molecule has 6 heteroatoms. The lowest BCUT2D eigenvalue weighted by Crippen LogP contribution is -2.40. The van der Waals surface area contributed by atoms with E-state index in [4.69, 9.17) is 0 Å². The molecule has 0 fully saturated rings. The first-order chi connectivity index (χ1) is 10.6. The van der Waals surface area contributed by atoms with Crippen LogP contribution in [0.3, 0.4) is 0 Å². The number of nitrogens with zero attached hydrogens (tertiary/aromatic N) is 2. The van der Waals surface area contributed by atoms with Gasteiger partial charge in [-0.3, -0.25) is 5.43 Å². The van der Waals surface area contributed by atoms with E-state index >= 15 is 0 Å². The Morgan fingerprint density at radius 3 is 2.48 bits per heavy atom. The van der Waals surface area contributed by atoms with Crippen LogP contribution in [-0.4, -0.2) is 22.5 Å². The number of anilines is 1. The van der Waals surface area contributed by atoms with Crippen LogP contribution in [0.25, 0.3) is 11.9 Å². The summed E-state index contributed by atoms with van der Waals surface area (Å²) in [5.74, 6) is 0.212. The van der Waals surface area contributed by atoms with Gasteiger partial charge in [-0.25, -0.2) is 5.01 Å². The first-order valence-corrected chi connectivity index (χ1v) is 8.03. The molecular formula is C17H16IN3O2. The van der Waals surface area contributed by atoms with Crippen molar-refractivity contribution in [3.05, 3.63) is 74.1 Å². The van der Waals surface area contributed by atoms with Crippen LogP contribution in [0.4, 0.5) is 5.69 Å². The predicted octanol–water partition coefficient (Wildman–Crippen LogP) is 1.01. The van der Waals surface area contributed by atoms with Crippen LogP contribution >= 0.6 is 22.6 Å². The molecule has 0 atom stereocenters. The van der Waals surface area contributed by atoms with E-state index in [-0.39, 0.29) is 11.4 Å². The first-order valence-electron chi connectivity index (χ1n) is 6.95. The third kappa shape index (κ3) is 2.43. The van der Waals surface area contributed by atoms with E-state index in [1.54, 1.807) is 5.01 Å². The van der Waals surface area contributed by atoms with Gasteiger partial charge in [-0.2, -0.15) is 0 Å². The van der Waals surface area contributed by atoms with Gasteiger partial charge in [-0.15, -0.1) is 0 Å². The molecule has 0 radical (unpaired) electrons. The quantitative estimate of drug-likeness (QED) is 0.675. The molecule has 4 N–H and O–H groups in total. The van der Waals surface area contributed by atoms with Crippen LogP contribution in [0.2, 0.25) is 0 Å². The average Bonchev–Trinajstić information content (AvgIpc) is 2.87. The fraction of sp³-hybridized carbons (Fsp3) is 0.0588. The molecule has 0 bridgehead atoms. The normalized spacial score (nSPS) is 15.5. The molecule has 0 saturated heterocycles. The van der Waals surface area contributed by atoms with Crippen molar-refractivity contribution < 1.29 is 10.6 Å². The Kier molecular flexibility index (Phi) is 3.95. The van der Waals surface area contributed by atoms with E-state index in [9.17, 15) is 5.11 Å². The summed E-state index contributed by atoms with van der Waals surface area (Å²) in [6.45, 7) is 0. The van der Waals surface area contributed by atoms with Gasteiger partial charge in [0.2, 0.25) is 5.88 Å². The molecule has 5 nitrogen and oxygen atoms in total. The minimum absolute atomic E-state index is 0. The van der Waals surface area contributed by atoms with Crippen molar-refractivity contribution in [3.63, 3.8) is 0 Å². The third-order valence-corrected chi connectivity index (χ3v) is 4.60. The Labute approximate surface area is 147 Å². The summed E-state index contributed by atoms with van der Waals surface area (Å²) in [4.78, 5) is 1.95. The largest absolute Gasteiger partial charge is 0.492 e. The summed E-state index contributed by atoms with van der Waals surface area (Å²) in [6.07, 6.45) is 2.03. The molecule has 0 amide bonds. The second-order valence-electron chi connectivity index (χ2n) is 5.30. The number of hydrogen-bond acceptors (Lipinski definition) is 4. The van der Waals surface area contributed by atoms with Crippen molar-refractivity contribution in [2.24, 2.45) is 0 Å². The second-order valence-corrected chi connectivity index (χ2v) is 6.54. The molecule has 0 unspecified atom stereocenters. The fourth-order valence-corrected chi connectivity index (χ4v) is 3.20. The SMILES string of the molecule is CN1C=c2ccccc2=C2NN(c3ccc(I)cc3)C(O)=C21.O. The van der Waals surface area contributed by atoms with Gasteiger partial charge in [0.25, 0.3) is 0 Å². The van der Waals surface area contributed by atoms with E-state index in [0.29, 0.717) is 0 Å². The maximum atomic E-state index is 10.7. The van der Waals surface area contributed by atoms with Crippen LogP contribution in [0.5, 0.6) is 0 Å². The molecule has 0 aromatic heterocycles. The van der Waals surface area contributed by atoms with Gasteiger partial charge >= 0.3 is 0 Å². The summed E-state index contributed by atoms with van der Waals surface area (Å²) in [5.41, 5.74) is 5.94. The summed E-state index contributed by atoms with van der Waals surface area (Å²) >= 11 is 2.27. The first kappa shape index (κ1) is 15.7. The van der Waals surface area contributed by atoms with Gasteiger partial charge in [0.15, 0.2) is 0 Å². The predicted molar refractivity (Wildman–Crippen MR) is 99.4 cm³/mol. The van der Waals surface area contributed by atoms with E-state index in [0.717, 1.165) is 31.1 Å². The standard InChI is InChI=1S/C17H14IN3O.H2O/c1-20-10-11-4-2-3-5-14(11)15-16(20)17(22)21(19-15)13-8-6-12(18)7-9-13;/h2-10,19,22H,1H3;1H2. The topological polar surface area (TPSA) is 70.2 Å². The highest BCUT2D eigenvalue weighted by Crippen LogP contribution is 2.30. The molecule has 2 aliphatic heterocycles. The van der Waals surface area contributed by atoms with Crippen molar-refractivity contribution in [1.29, 1.82) is 0 Å². The maximum Gasteiger partial charge on any atom is 0.237 e. The molecular weight excluding hydrogens is 405 g/mol. The minimum Gasteiger partial charge on any atom is -0.492 e. The molecule has 2 aromatic carbocycles. The second kappa shape index (κ2) is 5.78. The monoisotopic (exact) mass is 421 g/mol. The summed E-state index contributed by atoms with van der Waals surface area (Å²) in [5, 5.41) is 14.6. The number of likely N-dealkylation sites (N-methyl/N-ethyl adjacent to an activating group) is 1. The van der Waals surface area contributed by atoms with Crippen molar-refractivity contribution in [2.75, 3.05) is 12.1 Å².